The highest BCUT2D eigenvalue weighted by Gasteiger charge is 2.11. The summed E-state index contributed by atoms with van der Waals surface area (Å²) in [5.41, 5.74) is 4.78. The monoisotopic (exact) mass is 224 g/mol. The van der Waals surface area contributed by atoms with Crippen LogP contribution in [0.15, 0.2) is 0 Å². The molecule has 4 N–H and O–H groups in total. The van der Waals surface area contributed by atoms with Gasteiger partial charge in [-0.3, -0.25) is 4.79 Å². The van der Waals surface area contributed by atoms with E-state index >= 15 is 0 Å². The van der Waals surface area contributed by atoms with Crippen LogP contribution in [0.3, 0.4) is 0 Å². The van der Waals surface area contributed by atoms with Gasteiger partial charge in [0.1, 0.15) is 6.10 Å². The maximum atomic E-state index is 11.0. The third-order valence-electron chi connectivity index (χ3n) is 1.70. The number of sulfone groups is 1. The Hall–Kier alpha value is -0.660. The third kappa shape index (κ3) is 5.90. The van der Waals surface area contributed by atoms with Crippen molar-refractivity contribution in [3.63, 3.8) is 0 Å². The molecule has 0 saturated carbocycles. The molecule has 1 amide bonds. The second-order valence-corrected chi connectivity index (χ2v) is 5.33. The van der Waals surface area contributed by atoms with Gasteiger partial charge >= 0.3 is 0 Å². The summed E-state index contributed by atoms with van der Waals surface area (Å²) in [4.78, 5) is 10.4. The van der Waals surface area contributed by atoms with Crippen molar-refractivity contribution in [3.05, 3.63) is 0 Å². The number of primary amides is 1. The zero-order chi connectivity index (χ0) is 11.2. The molecule has 0 bridgehead atoms. The Morgan fingerprint density at radius 1 is 1.57 bits per heavy atom. The van der Waals surface area contributed by atoms with Crippen molar-refractivity contribution < 1.29 is 18.3 Å². The van der Waals surface area contributed by atoms with Crippen molar-refractivity contribution in [2.45, 2.75) is 13.0 Å². The van der Waals surface area contributed by atoms with Gasteiger partial charge < -0.3 is 16.2 Å². The molecule has 0 heterocycles. The van der Waals surface area contributed by atoms with Gasteiger partial charge in [-0.15, -0.1) is 0 Å². The fourth-order valence-electron chi connectivity index (χ4n) is 0.711. The Morgan fingerprint density at radius 2 is 2.14 bits per heavy atom. The number of carbonyl (C=O) groups excluding carboxylic acids is 1. The van der Waals surface area contributed by atoms with Crippen molar-refractivity contribution >= 4 is 15.7 Å². The van der Waals surface area contributed by atoms with E-state index < -0.39 is 21.8 Å². The first kappa shape index (κ1) is 13.3. The molecule has 0 saturated heterocycles. The van der Waals surface area contributed by atoms with Gasteiger partial charge in [-0.05, 0) is 0 Å². The molecular formula is C7H16N2O4S. The van der Waals surface area contributed by atoms with Gasteiger partial charge in [-0.1, -0.05) is 6.92 Å². The Bertz CT molecular complexity index is 275. The van der Waals surface area contributed by atoms with E-state index in [0.717, 1.165) is 0 Å². The normalized spacial score (nSPS) is 13.9. The largest absolute Gasteiger partial charge is 0.382 e. The Balaban J connectivity index is 3.62. The Kier molecular flexibility index (Phi) is 5.66. The topological polar surface area (TPSA) is 109 Å². The first-order valence-corrected chi connectivity index (χ1v) is 6.09. The van der Waals surface area contributed by atoms with Gasteiger partial charge in [0.05, 0.1) is 5.75 Å². The average Bonchev–Trinajstić information content (AvgIpc) is 2.12. The number of hydrogen-bond donors (Lipinski definition) is 3. The molecule has 0 spiro atoms. The molecule has 84 valence electrons. The molecule has 0 radical (unpaired) electrons. The molecule has 7 heteroatoms. The molecule has 0 aliphatic carbocycles. The predicted octanol–water partition coefficient (Wildman–Crippen LogP) is -2.14. The summed E-state index contributed by atoms with van der Waals surface area (Å²) in [6, 6.07) is 0. The first-order valence-electron chi connectivity index (χ1n) is 4.27. The van der Waals surface area contributed by atoms with E-state index in [2.05, 4.69) is 5.32 Å². The van der Waals surface area contributed by atoms with Crippen LogP contribution in [0.25, 0.3) is 0 Å². The van der Waals surface area contributed by atoms with Crippen molar-refractivity contribution in [1.29, 1.82) is 0 Å². The molecular weight excluding hydrogens is 208 g/mol. The summed E-state index contributed by atoms with van der Waals surface area (Å²) in [5, 5.41) is 11.6. The molecule has 0 fully saturated rings. The zero-order valence-corrected chi connectivity index (χ0v) is 8.88. The lowest BCUT2D eigenvalue weighted by molar-refractivity contribution is -0.125. The molecule has 0 aromatic carbocycles. The fraction of sp³-hybridized carbons (Fsp3) is 0.857. The minimum Gasteiger partial charge on any atom is -0.382 e. The number of hydrogen-bond acceptors (Lipinski definition) is 5. The standard InChI is InChI=1S/C7H16N2O4S/c1-2-14(12,13)4-3-9-5-6(10)7(8)11/h6,9-10H,2-5H2,1H3,(H2,8,11). The molecule has 6 nitrogen and oxygen atoms in total. The number of nitrogens with two attached hydrogens (primary N) is 1. The summed E-state index contributed by atoms with van der Waals surface area (Å²) in [6.07, 6.45) is -1.26. The van der Waals surface area contributed by atoms with E-state index in [1.54, 1.807) is 6.92 Å². The van der Waals surface area contributed by atoms with E-state index in [-0.39, 0.29) is 24.6 Å². The predicted molar refractivity (Wildman–Crippen MR) is 52.4 cm³/mol. The molecule has 0 aliphatic rings. The number of carbonyl (C=O) groups is 1. The van der Waals surface area contributed by atoms with Crippen LogP contribution in [0.5, 0.6) is 0 Å². The Labute approximate surface area is 83.4 Å². The first-order chi connectivity index (χ1) is 6.39. The van der Waals surface area contributed by atoms with Crippen molar-refractivity contribution in [2.75, 3.05) is 24.6 Å². The smallest absolute Gasteiger partial charge is 0.247 e. The lowest BCUT2D eigenvalue weighted by Gasteiger charge is -2.07. The quantitative estimate of drug-likeness (QED) is 0.427. The van der Waals surface area contributed by atoms with Gasteiger partial charge in [0, 0.05) is 18.8 Å². The highest BCUT2D eigenvalue weighted by molar-refractivity contribution is 7.91. The summed E-state index contributed by atoms with van der Waals surface area (Å²) in [7, 11) is -3.00. The summed E-state index contributed by atoms with van der Waals surface area (Å²) in [6.45, 7) is 1.75. The molecule has 14 heavy (non-hydrogen) atoms. The number of amides is 1. The van der Waals surface area contributed by atoms with E-state index in [1.807, 2.05) is 0 Å². The highest BCUT2D eigenvalue weighted by Crippen LogP contribution is 1.87. The van der Waals surface area contributed by atoms with Gasteiger partial charge in [-0.2, -0.15) is 0 Å². The van der Waals surface area contributed by atoms with Crippen molar-refractivity contribution in [3.8, 4) is 0 Å². The summed E-state index contributed by atoms with van der Waals surface area (Å²) < 4.78 is 22.0. The molecule has 0 aliphatic heterocycles. The number of aliphatic hydroxyl groups is 1. The molecule has 1 atom stereocenters. The second kappa shape index (κ2) is 5.94. The van der Waals surface area contributed by atoms with E-state index in [4.69, 9.17) is 10.8 Å². The number of nitrogens with one attached hydrogen (secondary N) is 1. The van der Waals surface area contributed by atoms with Crippen LogP contribution < -0.4 is 11.1 Å². The number of rotatable bonds is 7. The molecule has 0 aromatic heterocycles. The molecule has 0 rings (SSSR count). The van der Waals surface area contributed by atoms with E-state index in [0.29, 0.717) is 0 Å². The SMILES string of the molecule is CCS(=O)(=O)CCNCC(O)C(N)=O. The minimum atomic E-state index is -3.00. The van der Waals surface area contributed by atoms with Crippen molar-refractivity contribution in [2.24, 2.45) is 5.73 Å². The lowest BCUT2D eigenvalue weighted by atomic mass is 10.3. The van der Waals surface area contributed by atoms with Gasteiger partial charge in [0.15, 0.2) is 9.84 Å². The zero-order valence-electron chi connectivity index (χ0n) is 8.06. The van der Waals surface area contributed by atoms with Gasteiger partial charge in [-0.25, -0.2) is 8.42 Å². The van der Waals surface area contributed by atoms with E-state index in [1.165, 1.54) is 0 Å². The van der Waals surface area contributed by atoms with Crippen LogP contribution in [0, 0.1) is 0 Å². The van der Waals surface area contributed by atoms with Crippen molar-refractivity contribution in [1.82, 2.24) is 5.32 Å². The maximum Gasteiger partial charge on any atom is 0.247 e. The minimum absolute atomic E-state index is 0.00498. The summed E-state index contributed by atoms with van der Waals surface area (Å²) in [5.74, 6) is -0.738. The fourth-order valence-corrected chi connectivity index (χ4v) is 1.46. The average molecular weight is 224 g/mol. The van der Waals surface area contributed by atoms with E-state index in [9.17, 15) is 13.2 Å². The maximum absolute atomic E-state index is 11.0. The molecule has 1 unspecified atom stereocenters. The molecule has 0 aromatic rings. The second-order valence-electron chi connectivity index (χ2n) is 2.86. The van der Waals surface area contributed by atoms with Crippen LogP contribution >= 0.6 is 0 Å². The van der Waals surface area contributed by atoms with Crippen LogP contribution in [0.4, 0.5) is 0 Å². The highest BCUT2D eigenvalue weighted by atomic mass is 32.2. The van der Waals surface area contributed by atoms with Crippen LogP contribution in [-0.2, 0) is 14.6 Å². The van der Waals surface area contributed by atoms with Gasteiger partial charge in [0.2, 0.25) is 5.91 Å². The van der Waals surface area contributed by atoms with Gasteiger partial charge in [0.25, 0.3) is 0 Å². The number of aliphatic hydroxyl groups excluding tert-OH is 1. The lowest BCUT2D eigenvalue weighted by Crippen LogP contribution is -2.39. The van der Waals surface area contributed by atoms with Crippen LogP contribution in [0.1, 0.15) is 6.92 Å². The summed E-state index contributed by atoms with van der Waals surface area (Å²) >= 11 is 0. The van der Waals surface area contributed by atoms with Crippen LogP contribution in [0.2, 0.25) is 0 Å². The Morgan fingerprint density at radius 3 is 2.57 bits per heavy atom. The third-order valence-corrected chi connectivity index (χ3v) is 3.40. The van der Waals surface area contributed by atoms with Crippen LogP contribution in [-0.4, -0.2) is 50.1 Å².